The van der Waals surface area contributed by atoms with Crippen molar-refractivity contribution in [2.75, 3.05) is 13.2 Å². The largest absolute Gasteiger partial charge is 0.491 e. The van der Waals surface area contributed by atoms with Crippen LogP contribution in [-0.4, -0.2) is 31.3 Å². The van der Waals surface area contributed by atoms with Crippen molar-refractivity contribution in [3.63, 3.8) is 0 Å². The standard InChI is InChI=1S/C19H23NO3S/c1-14(12-18-5-3-11-24-18)20-19(21)15-6-8-16(9-7-15)23-13-17-4-2-10-22-17/h3,5-9,11,14,17H,2,4,10,12-13H2,1H3,(H,20,21). The van der Waals surface area contributed by atoms with Crippen LogP contribution in [0.15, 0.2) is 41.8 Å². The Hall–Kier alpha value is -1.85. The van der Waals surface area contributed by atoms with Crippen LogP contribution in [0.25, 0.3) is 0 Å². The number of carbonyl (C=O) groups excluding carboxylic acids is 1. The molecule has 1 aliphatic heterocycles. The van der Waals surface area contributed by atoms with Gasteiger partial charge >= 0.3 is 0 Å². The van der Waals surface area contributed by atoms with Gasteiger partial charge in [0.25, 0.3) is 5.91 Å². The highest BCUT2D eigenvalue weighted by molar-refractivity contribution is 7.09. The fraction of sp³-hybridized carbons (Fsp3) is 0.421. The second-order valence-electron chi connectivity index (χ2n) is 6.13. The lowest BCUT2D eigenvalue weighted by atomic mass is 10.1. The van der Waals surface area contributed by atoms with Crippen molar-refractivity contribution < 1.29 is 14.3 Å². The van der Waals surface area contributed by atoms with Crippen LogP contribution in [0.4, 0.5) is 0 Å². The Morgan fingerprint density at radius 3 is 2.88 bits per heavy atom. The highest BCUT2D eigenvalue weighted by atomic mass is 32.1. The van der Waals surface area contributed by atoms with Gasteiger partial charge in [-0.1, -0.05) is 6.07 Å². The van der Waals surface area contributed by atoms with Crippen LogP contribution in [0.1, 0.15) is 35.0 Å². The Kier molecular flexibility index (Phi) is 5.88. The van der Waals surface area contributed by atoms with Crippen LogP contribution < -0.4 is 10.1 Å². The molecule has 0 radical (unpaired) electrons. The molecule has 0 spiro atoms. The maximum atomic E-state index is 12.3. The van der Waals surface area contributed by atoms with Gasteiger partial charge in [0.2, 0.25) is 0 Å². The van der Waals surface area contributed by atoms with Crippen LogP contribution in [0.3, 0.4) is 0 Å². The minimum absolute atomic E-state index is 0.0512. The van der Waals surface area contributed by atoms with Gasteiger partial charge in [-0.2, -0.15) is 0 Å². The number of carbonyl (C=O) groups is 1. The van der Waals surface area contributed by atoms with Crippen molar-refractivity contribution >= 4 is 17.2 Å². The lowest BCUT2D eigenvalue weighted by Crippen LogP contribution is -2.33. The minimum atomic E-state index is -0.0512. The molecule has 3 rings (SSSR count). The highest BCUT2D eigenvalue weighted by Gasteiger charge is 2.16. The molecule has 4 nitrogen and oxygen atoms in total. The zero-order valence-electron chi connectivity index (χ0n) is 13.9. The number of thiophene rings is 1. The van der Waals surface area contributed by atoms with Crippen LogP contribution >= 0.6 is 11.3 Å². The van der Waals surface area contributed by atoms with Gasteiger partial charge in [-0.15, -0.1) is 11.3 Å². The average molecular weight is 345 g/mol. The average Bonchev–Trinajstić information content (AvgIpc) is 3.27. The van der Waals surface area contributed by atoms with Gasteiger partial charge in [0.15, 0.2) is 0 Å². The number of hydrogen-bond donors (Lipinski definition) is 1. The molecule has 1 saturated heterocycles. The molecule has 1 fully saturated rings. The van der Waals surface area contributed by atoms with E-state index in [1.165, 1.54) is 4.88 Å². The highest BCUT2D eigenvalue weighted by Crippen LogP contribution is 2.17. The molecule has 1 amide bonds. The van der Waals surface area contributed by atoms with Gasteiger partial charge in [-0.05, 0) is 55.5 Å². The normalized spacial score (nSPS) is 18.3. The summed E-state index contributed by atoms with van der Waals surface area (Å²) >= 11 is 1.71. The Bertz CT molecular complexity index is 633. The Balaban J connectivity index is 1.47. The molecule has 2 heterocycles. The molecule has 128 valence electrons. The molecule has 24 heavy (non-hydrogen) atoms. The molecule has 2 unspecified atom stereocenters. The van der Waals surface area contributed by atoms with Crippen molar-refractivity contribution in [2.24, 2.45) is 0 Å². The summed E-state index contributed by atoms with van der Waals surface area (Å²) in [7, 11) is 0. The van der Waals surface area contributed by atoms with Crippen LogP contribution in [0, 0.1) is 0 Å². The molecule has 1 N–H and O–H groups in total. The van der Waals surface area contributed by atoms with E-state index >= 15 is 0 Å². The minimum Gasteiger partial charge on any atom is -0.491 e. The predicted octanol–water partition coefficient (Wildman–Crippen LogP) is 3.67. The van der Waals surface area contributed by atoms with E-state index in [2.05, 4.69) is 16.8 Å². The van der Waals surface area contributed by atoms with E-state index in [-0.39, 0.29) is 18.1 Å². The molecule has 2 aromatic rings. The SMILES string of the molecule is CC(Cc1cccs1)NC(=O)c1ccc(OCC2CCCO2)cc1. The molecular formula is C19H23NO3S. The summed E-state index contributed by atoms with van der Waals surface area (Å²) in [5.41, 5.74) is 0.650. The van der Waals surface area contributed by atoms with E-state index in [0.29, 0.717) is 12.2 Å². The summed E-state index contributed by atoms with van der Waals surface area (Å²) in [6.07, 6.45) is 3.22. The van der Waals surface area contributed by atoms with Crippen LogP contribution in [0.2, 0.25) is 0 Å². The number of nitrogens with one attached hydrogen (secondary N) is 1. The van der Waals surface area contributed by atoms with E-state index < -0.39 is 0 Å². The monoisotopic (exact) mass is 345 g/mol. The maximum absolute atomic E-state index is 12.3. The first-order chi connectivity index (χ1) is 11.7. The molecule has 0 saturated carbocycles. The summed E-state index contributed by atoms with van der Waals surface area (Å²) in [6.45, 7) is 3.43. The van der Waals surface area contributed by atoms with Gasteiger partial charge < -0.3 is 14.8 Å². The van der Waals surface area contributed by atoms with Gasteiger partial charge in [0, 0.05) is 29.5 Å². The second-order valence-corrected chi connectivity index (χ2v) is 7.16. The number of ether oxygens (including phenoxy) is 2. The van der Waals surface area contributed by atoms with Crippen molar-refractivity contribution in [1.29, 1.82) is 0 Å². The summed E-state index contributed by atoms with van der Waals surface area (Å²) in [5.74, 6) is 0.721. The third kappa shape index (κ3) is 4.82. The van der Waals surface area contributed by atoms with Crippen LogP contribution in [-0.2, 0) is 11.2 Å². The van der Waals surface area contributed by atoms with Gasteiger partial charge in [-0.3, -0.25) is 4.79 Å². The Labute approximate surface area is 146 Å². The van der Waals surface area contributed by atoms with Crippen molar-refractivity contribution in [3.05, 3.63) is 52.2 Å². The third-order valence-corrected chi connectivity index (χ3v) is 4.94. The lowest BCUT2D eigenvalue weighted by molar-refractivity contribution is 0.0679. The molecule has 0 bridgehead atoms. The van der Waals surface area contributed by atoms with E-state index in [1.54, 1.807) is 23.5 Å². The summed E-state index contributed by atoms with van der Waals surface area (Å²) in [4.78, 5) is 13.6. The molecule has 1 aromatic heterocycles. The van der Waals surface area contributed by atoms with Gasteiger partial charge in [0.05, 0.1) is 6.10 Å². The van der Waals surface area contributed by atoms with Crippen molar-refractivity contribution in [1.82, 2.24) is 5.32 Å². The summed E-state index contributed by atoms with van der Waals surface area (Å²) in [5, 5.41) is 5.09. The van der Waals surface area contributed by atoms with Crippen LogP contribution in [0.5, 0.6) is 5.75 Å². The fourth-order valence-electron chi connectivity index (χ4n) is 2.76. The third-order valence-electron chi connectivity index (χ3n) is 4.04. The lowest BCUT2D eigenvalue weighted by Gasteiger charge is -2.14. The smallest absolute Gasteiger partial charge is 0.251 e. The number of amides is 1. The first-order valence-corrected chi connectivity index (χ1v) is 9.26. The van der Waals surface area contributed by atoms with Crippen molar-refractivity contribution in [3.8, 4) is 5.75 Å². The molecule has 5 heteroatoms. The summed E-state index contributed by atoms with van der Waals surface area (Å²) in [6, 6.07) is 11.5. The van der Waals surface area contributed by atoms with Crippen molar-refractivity contribution in [2.45, 2.75) is 38.3 Å². The maximum Gasteiger partial charge on any atom is 0.251 e. The molecule has 1 aliphatic rings. The zero-order valence-corrected chi connectivity index (χ0v) is 14.7. The molecular weight excluding hydrogens is 322 g/mol. The van der Waals surface area contributed by atoms with E-state index in [9.17, 15) is 4.79 Å². The second kappa shape index (κ2) is 8.31. The van der Waals surface area contributed by atoms with E-state index in [0.717, 1.165) is 31.6 Å². The zero-order chi connectivity index (χ0) is 16.8. The first-order valence-electron chi connectivity index (χ1n) is 8.38. The van der Waals surface area contributed by atoms with Gasteiger partial charge in [-0.25, -0.2) is 0 Å². The van der Waals surface area contributed by atoms with Gasteiger partial charge in [0.1, 0.15) is 12.4 Å². The molecule has 1 aromatic carbocycles. The number of rotatable bonds is 7. The van der Waals surface area contributed by atoms with E-state index in [4.69, 9.17) is 9.47 Å². The molecule has 0 aliphatic carbocycles. The predicted molar refractivity (Wildman–Crippen MR) is 95.9 cm³/mol. The first kappa shape index (κ1) is 17.0. The fourth-order valence-corrected chi connectivity index (χ4v) is 3.59. The molecule has 2 atom stereocenters. The Morgan fingerprint density at radius 1 is 1.38 bits per heavy atom. The quantitative estimate of drug-likeness (QED) is 0.833. The van der Waals surface area contributed by atoms with E-state index in [1.807, 2.05) is 25.1 Å². The topological polar surface area (TPSA) is 47.6 Å². The Morgan fingerprint density at radius 2 is 2.21 bits per heavy atom. The summed E-state index contributed by atoms with van der Waals surface area (Å²) < 4.78 is 11.3. The number of benzene rings is 1. The number of hydrogen-bond acceptors (Lipinski definition) is 4.